The van der Waals surface area contributed by atoms with Gasteiger partial charge < -0.3 is 5.32 Å². The molecule has 66 valence electrons. The number of aromatic nitrogens is 3. The first-order chi connectivity index (χ1) is 5.93. The van der Waals surface area contributed by atoms with Gasteiger partial charge in [-0.15, -0.1) is 11.7 Å². The van der Waals surface area contributed by atoms with Crippen molar-refractivity contribution >= 4 is 0 Å². The number of hydrogen-bond donors (Lipinski definition) is 1. The molecule has 0 unspecified atom stereocenters. The van der Waals surface area contributed by atoms with Gasteiger partial charge in [-0.3, -0.25) is 4.68 Å². The maximum Gasteiger partial charge on any atom is 0.0692 e. The number of hydrogen-bond acceptors (Lipinski definition) is 3. The highest BCUT2D eigenvalue weighted by Gasteiger charge is 1.89. The topological polar surface area (TPSA) is 42.7 Å². The second-order valence-electron chi connectivity index (χ2n) is 2.49. The normalized spacial score (nSPS) is 10.0. The molecular formula is C8H14N4. The summed E-state index contributed by atoms with van der Waals surface area (Å²) in [4.78, 5) is 0. The van der Waals surface area contributed by atoms with Gasteiger partial charge in [0.25, 0.3) is 0 Å². The predicted molar refractivity (Wildman–Crippen MR) is 47.7 cm³/mol. The molecule has 0 aliphatic carbocycles. The third-order valence-electron chi connectivity index (χ3n) is 1.51. The Morgan fingerprint density at radius 2 is 2.42 bits per heavy atom. The molecule has 0 atom stereocenters. The first-order valence-electron chi connectivity index (χ1n) is 4.09. The molecule has 1 N–H and O–H groups in total. The maximum absolute atomic E-state index is 3.84. The van der Waals surface area contributed by atoms with Gasteiger partial charge in [-0.05, 0) is 13.0 Å². The molecule has 1 rings (SSSR count). The molecule has 0 aromatic carbocycles. The third kappa shape index (κ3) is 3.30. The summed E-state index contributed by atoms with van der Waals surface area (Å²) in [6, 6.07) is 0. The number of nitrogens with one attached hydrogen (secondary N) is 1. The summed E-state index contributed by atoms with van der Waals surface area (Å²) in [6.07, 6.45) is 6.46. The van der Waals surface area contributed by atoms with Gasteiger partial charge in [0.2, 0.25) is 0 Å². The molecule has 0 saturated heterocycles. The lowest BCUT2D eigenvalue weighted by Gasteiger charge is -2.01. The maximum atomic E-state index is 3.84. The average Bonchev–Trinajstić information content (AvgIpc) is 2.57. The van der Waals surface area contributed by atoms with Gasteiger partial charge in [-0.2, -0.15) is 0 Å². The van der Waals surface area contributed by atoms with Crippen molar-refractivity contribution in [3.63, 3.8) is 0 Å². The lowest BCUT2D eigenvalue weighted by atomic mass is 10.4. The van der Waals surface area contributed by atoms with Crippen molar-refractivity contribution in [3.05, 3.63) is 25.0 Å². The van der Waals surface area contributed by atoms with Gasteiger partial charge >= 0.3 is 0 Å². The summed E-state index contributed by atoms with van der Waals surface area (Å²) in [7, 11) is 0. The summed E-state index contributed by atoms with van der Waals surface area (Å²) in [5, 5.41) is 10.8. The molecule has 1 aromatic heterocycles. The summed E-state index contributed by atoms with van der Waals surface area (Å²) in [6.45, 7) is 6.42. The lowest BCUT2D eigenvalue weighted by molar-refractivity contribution is 0.543. The van der Waals surface area contributed by atoms with Gasteiger partial charge in [0.15, 0.2) is 0 Å². The van der Waals surface area contributed by atoms with E-state index in [1.165, 1.54) is 0 Å². The Hall–Kier alpha value is -1.16. The Morgan fingerprint density at radius 1 is 1.50 bits per heavy atom. The van der Waals surface area contributed by atoms with Crippen molar-refractivity contribution in [3.8, 4) is 0 Å². The second-order valence-corrected chi connectivity index (χ2v) is 2.49. The van der Waals surface area contributed by atoms with Crippen molar-refractivity contribution in [2.24, 2.45) is 0 Å². The Bertz CT molecular complexity index is 205. The van der Waals surface area contributed by atoms with Crippen LogP contribution in [-0.4, -0.2) is 28.1 Å². The van der Waals surface area contributed by atoms with E-state index in [0.717, 1.165) is 26.1 Å². The lowest BCUT2D eigenvalue weighted by Crippen LogP contribution is -2.20. The Labute approximate surface area is 72.3 Å². The van der Waals surface area contributed by atoms with E-state index in [9.17, 15) is 0 Å². The minimum atomic E-state index is 0.872. The summed E-state index contributed by atoms with van der Waals surface area (Å²) < 4.78 is 1.81. The molecule has 0 bridgehead atoms. The minimum Gasteiger partial charge on any atom is -0.315 e. The molecule has 1 aromatic rings. The van der Waals surface area contributed by atoms with E-state index >= 15 is 0 Å². The van der Waals surface area contributed by atoms with Crippen LogP contribution in [0.25, 0.3) is 0 Å². The van der Waals surface area contributed by atoms with Crippen molar-refractivity contribution < 1.29 is 0 Å². The van der Waals surface area contributed by atoms with Crippen LogP contribution >= 0.6 is 0 Å². The zero-order valence-electron chi connectivity index (χ0n) is 7.11. The van der Waals surface area contributed by atoms with Gasteiger partial charge in [0.1, 0.15) is 0 Å². The smallest absolute Gasteiger partial charge is 0.0692 e. The van der Waals surface area contributed by atoms with Crippen LogP contribution in [0.1, 0.15) is 6.42 Å². The molecule has 0 amide bonds. The van der Waals surface area contributed by atoms with Crippen LogP contribution in [0.5, 0.6) is 0 Å². The molecule has 12 heavy (non-hydrogen) atoms. The SMILES string of the molecule is C=CCCNCCn1ccnn1. The largest absolute Gasteiger partial charge is 0.315 e. The van der Waals surface area contributed by atoms with Gasteiger partial charge in [0, 0.05) is 12.7 Å². The molecule has 0 radical (unpaired) electrons. The quantitative estimate of drug-likeness (QED) is 0.492. The van der Waals surface area contributed by atoms with Crippen molar-refractivity contribution in [2.75, 3.05) is 13.1 Å². The Balaban J connectivity index is 2.00. The summed E-state index contributed by atoms with van der Waals surface area (Å²) in [5.74, 6) is 0. The molecule has 0 saturated carbocycles. The fourth-order valence-corrected chi connectivity index (χ4v) is 0.875. The van der Waals surface area contributed by atoms with Gasteiger partial charge in [0.05, 0.1) is 12.7 Å². The predicted octanol–water partition coefficient (Wildman–Crippen LogP) is 0.444. The van der Waals surface area contributed by atoms with E-state index in [2.05, 4.69) is 22.2 Å². The van der Waals surface area contributed by atoms with E-state index in [4.69, 9.17) is 0 Å². The monoisotopic (exact) mass is 166 g/mol. The fraction of sp³-hybridized carbons (Fsp3) is 0.500. The van der Waals surface area contributed by atoms with Crippen LogP contribution in [0.15, 0.2) is 25.0 Å². The van der Waals surface area contributed by atoms with Crippen LogP contribution in [0.2, 0.25) is 0 Å². The molecule has 4 nitrogen and oxygen atoms in total. The van der Waals surface area contributed by atoms with E-state index in [1.54, 1.807) is 10.9 Å². The summed E-state index contributed by atoms with van der Waals surface area (Å²) in [5.41, 5.74) is 0. The molecule has 1 heterocycles. The number of nitrogens with zero attached hydrogens (tertiary/aromatic N) is 3. The first-order valence-corrected chi connectivity index (χ1v) is 4.09. The highest BCUT2D eigenvalue weighted by atomic mass is 15.4. The van der Waals surface area contributed by atoms with E-state index in [0.29, 0.717) is 0 Å². The molecule has 4 heteroatoms. The van der Waals surface area contributed by atoms with E-state index in [1.807, 2.05) is 12.3 Å². The van der Waals surface area contributed by atoms with Crippen LogP contribution in [-0.2, 0) is 6.54 Å². The van der Waals surface area contributed by atoms with Crippen molar-refractivity contribution in [2.45, 2.75) is 13.0 Å². The van der Waals surface area contributed by atoms with Crippen LogP contribution in [0.4, 0.5) is 0 Å². The van der Waals surface area contributed by atoms with Crippen molar-refractivity contribution in [1.82, 2.24) is 20.3 Å². The standard InChI is InChI=1S/C8H14N4/c1-2-3-4-9-5-7-12-8-6-10-11-12/h2,6,8-9H,1,3-5,7H2. The average molecular weight is 166 g/mol. The molecule has 0 spiro atoms. The molecular weight excluding hydrogens is 152 g/mol. The number of rotatable bonds is 6. The van der Waals surface area contributed by atoms with Crippen molar-refractivity contribution in [1.29, 1.82) is 0 Å². The van der Waals surface area contributed by atoms with Gasteiger partial charge in [-0.1, -0.05) is 11.3 Å². The Morgan fingerprint density at radius 3 is 3.08 bits per heavy atom. The Kier molecular flexibility index (Phi) is 4.08. The zero-order chi connectivity index (χ0) is 8.65. The third-order valence-corrected chi connectivity index (χ3v) is 1.51. The van der Waals surface area contributed by atoms with E-state index < -0.39 is 0 Å². The van der Waals surface area contributed by atoms with Gasteiger partial charge in [-0.25, -0.2) is 0 Å². The van der Waals surface area contributed by atoms with Crippen LogP contribution < -0.4 is 5.32 Å². The molecule has 0 fully saturated rings. The highest BCUT2D eigenvalue weighted by Crippen LogP contribution is 1.79. The second kappa shape index (κ2) is 5.49. The molecule has 0 aliphatic heterocycles. The highest BCUT2D eigenvalue weighted by molar-refractivity contribution is 4.68. The first kappa shape index (κ1) is 8.93. The van der Waals surface area contributed by atoms with Crippen LogP contribution in [0, 0.1) is 0 Å². The fourth-order valence-electron chi connectivity index (χ4n) is 0.875. The van der Waals surface area contributed by atoms with E-state index in [-0.39, 0.29) is 0 Å². The molecule has 0 aliphatic rings. The zero-order valence-corrected chi connectivity index (χ0v) is 7.11. The minimum absolute atomic E-state index is 0.872. The summed E-state index contributed by atoms with van der Waals surface area (Å²) >= 11 is 0. The van der Waals surface area contributed by atoms with Crippen LogP contribution in [0.3, 0.4) is 0 Å².